The van der Waals surface area contributed by atoms with E-state index in [2.05, 4.69) is 9.72 Å². The lowest BCUT2D eigenvalue weighted by molar-refractivity contribution is -0.206. The van der Waals surface area contributed by atoms with E-state index in [1.54, 1.807) is 42.6 Å². The van der Waals surface area contributed by atoms with E-state index in [1.165, 1.54) is 18.3 Å². The number of pyridine rings is 1. The number of nitrogens with zero attached hydrogens (tertiary/aromatic N) is 1. The first kappa shape index (κ1) is 20.2. The highest BCUT2D eigenvalue weighted by Crippen LogP contribution is 2.32. The van der Waals surface area contributed by atoms with Gasteiger partial charge in [-0.25, -0.2) is 9.78 Å². The van der Waals surface area contributed by atoms with Crippen molar-refractivity contribution in [2.24, 2.45) is 0 Å². The Balaban J connectivity index is 2.36. The van der Waals surface area contributed by atoms with Gasteiger partial charge in [0.25, 0.3) is 0 Å². The molecule has 0 saturated heterocycles. The molecular formula is C18H18F3N3O3. The molecule has 0 fully saturated rings. The second kappa shape index (κ2) is 8.07. The Morgan fingerprint density at radius 1 is 1.11 bits per heavy atom. The average molecular weight is 381 g/mol. The number of aromatic nitrogens is 1. The van der Waals surface area contributed by atoms with E-state index < -0.39 is 23.7 Å². The van der Waals surface area contributed by atoms with Crippen LogP contribution in [0.2, 0.25) is 0 Å². The highest BCUT2D eigenvalue weighted by Gasteiger charge is 2.63. The number of carbonyl (C=O) groups excluding carboxylic acids is 2. The van der Waals surface area contributed by atoms with Crippen molar-refractivity contribution < 1.29 is 27.5 Å². The maximum atomic E-state index is 13.9. The van der Waals surface area contributed by atoms with Crippen molar-refractivity contribution >= 4 is 17.7 Å². The highest BCUT2D eigenvalue weighted by atomic mass is 19.4. The maximum Gasteiger partial charge on any atom is 0.441 e. The van der Waals surface area contributed by atoms with Crippen LogP contribution in [0, 0.1) is 6.92 Å². The normalized spacial score (nSPS) is 13.4. The Morgan fingerprint density at radius 3 is 2.30 bits per heavy atom. The third kappa shape index (κ3) is 4.75. The number of rotatable bonds is 6. The summed E-state index contributed by atoms with van der Waals surface area (Å²) >= 11 is 0. The van der Waals surface area contributed by atoms with Gasteiger partial charge in [0.2, 0.25) is 5.91 Å². The molecule has 0 aliphatic heterocycles. The predicted octanol–water partition coefficient (Wildman–Crippen LogP) is 2.59. The number of benzene rings is 1. The number of hydrogen-bond donors (Lipinski definition) is 2. The molecule has 1 atom stereocenters. The minimum absolute atomic E-state index is 0.247. The predicted molar refractivity (Wildman–Crippen MR) is 91.7 cm³/mol. The fourth-order valence-corrected chi connectivity index (χ4v) is 2.31. The van der Waals surface area contributed by atoms with Gasteiger partial charge in [-0.1, -0.05) is 36.4 Å². The van der Waals surface area contributed by atoms with E-state index >= 15 is 0 Å². The standard InChI is InChI=1S/C18H18F3N3O3/c1-12-8-9-14(22-11-12)23-17(16(26)27-2,18(19,20)21)24-15(25)10-13-6-4-3-5-7-13/h3-9,11H,10H2,1-2H3,(H,22,23)(H,24,25). The molecule has 2 N–H and O–H groups in total. The fraction of sp³-hybridized carbons (Fsp3) is 0.278. The fourth-order valence-electron chi connectivity index (χ4n) is 2.31. The van der Waals surface area contributed by atoms with Crippen molar-refractivity contribution in [2.45, 2.75) is 25.2 Å². The number of halogens is 3. The van der Waals surface area contributed by atoms with Crippen LogP contribution in [0.4, 0.5) is 19.0 Å². The summed E-state index contributed by atoms with van der Waals surface area (Å²) in [6.07, 6.45) is -4.22. The molecule has 2 rings (SSSR count). The molecule has 1 heterocycles. The van der Waals surface area contributed by atoms with Gasteiger partial charge >= 0.3 is 17.8 Å². The summed E-state index contributed by atoms with van der Waals surface area (Å²) in [5, 5.41) is 3.73. The molecule has 0 spiro atoms. The minimum Gasteiger partial charge on any atom is -0.466 e. The van der Waals surface area contributed by atoms with Crippen molar-refractivity contribution in [1.82, 2.24) is 10.3 Å². The van der Waals surface area contributed by atoms with Crippen molar-refractivity contribution in [2.75, 3.05) is 12.4 Å². The van der Waals surface area contributed by atoms with E-state index in [-0.39, 0.29) is 12.2 Å². The molecule has 1 unspecified atom stereocenters. The monoisotopic (exact) mass is 381 g/mol. The van der Waals surface area contributed by atoms with Gasteiger partial charge in [-0.05, 0) is 24.1 Å². The van der Waals surface area contributed by atoms with Crippen LogP contribution in [0.15, 0.2) is 48.7 Å². The van der Waals surface area contributed by atoms with Crippen LogP contribution in [0.5, 0.6) is 0 Å². The van der Waals surface area contributed by atoms with Crippen LogP contribution in [0.25, 0.3) is 0 Å². The van der Waals surface area contributed by atoms with Gasteiger partial charge in [0, 0.05) is 6.20 Å². The third-order valence-electron chi connectivity index (χ3n) is 3.68. The summed E-state index contributed by atoms with van der Waals surface area (Å²) in [4.78, 5) is 28.2. The first-order valence-corrected chi connectivity index (χ1v) is 7.89. The molecule has 0 saturated carbocycles. The van der Waals surface area contributed by atoms with Crippen LogP contribution in [0.1, 0.15) is 11.1 Å². The summed E-state index contributed by atoms with van der Waals surface area (Å²) in [6, 6.07) is 11.0. The number of aryl methyl sites for hydroxylation is 1. The van der Waals surface area contributed by atoms with Gasteiger partial charge in [-0.3, -0.25) is 4.79 Å². The number of methoxy groups -OCH3 is 1. The Kier molecular flexibility index (Phi) is 6.04. The van der Waals surface area contributed by atoms with Gasteiger partial charge in [-0.2, -0.15) is 13.2 Å². The van der Waals surface area contributed by atoms with Crippen molar-refractivity contribution in [1.29, 1.82) is 0 Å². The SMILES string of the molecule is COC(=O)C(NC(=O)Cc1ccccc1)(Nc1ccc(C)cn1)C(F)(F)F. The molecule has 0 aliphatic carbocycles. The lowest BCUT2D eigenvalue weighted by Crippen LogP contribution is -2.69. The quantitative estimate of drug-likeness (QED) is 0.594. The Bertz CT molecular complexity index is 795. The lowest BCUT2D eigenvalue weighted by atomic mass is 10.1. The molecule has 2 aromatic rings. The summed E-state index contributed by atoms with van der Waals surface area (Å²) in [7, 11) is 0.802. The molecule has 0 bridgehead atoms. The molecule has 27 heavy (non-hydrogen) atoms. The summed E-state index contributed by atoms with van der Waals surface area (Å²) in [5.74, 6) is -2.97. The molecule has 0 radical (unpaired) electrons. The molecule has 9 heteroatoms. The smallest absolute Gasteiger partial charge is 0.441 e. The van der Waals surface area contributed by atoms with E-state index in [1.807, 2.05) is 5.32 Å². The summed E-state index contributed by atoms with van der Waals surface area (Å²) in [5.41, 5.74) is -2.27. The molecule has 6 nitrogen and oxygen atoms in total. The van der Waals surface area contributed by atoms with Crippen LogP contribution < -0.4 is 10.6 Å². The topological polar surface area (TPSA) is 80.3 Å². The minimum atomic E-state index is -5.20. The number of hydrogen-bond acceptors (Lipinski definition) is 5. The van der Waals surface area contributed by atoms with E-state index in [0.717, 1.165) is 7.11 Å². The molecule has 0 aliphatic rings. The van der Waals surface area contributed by atoms with Gasteiger partial charge in [-0.15, -0.1) is 0 Å². The Morgan fingerprint density at radius 2 is 1.78 bits per heavy atom. The van der Waals surface area contributed by atoms with E-state index in [9.17, 15) is 22.8 Å². The third-order valence-corrected chi connectivity index (χ3v) is 3.68. The first-order chi connectivity index (χ1) is 12.7. The van der Waals surface area contributed by atoms with Crippen LogP contribution >= 0.6 is 0 Å². The highest BCUT2D eigenvalue weighted by molar-refractivity contribution is 5.91. The van der Waals surface area contributed by atoms with E-state index in [4.69, 9.17) is 0 Å². The number of amides is 1. The lowest BCUT2D eigenvalue weighted by Gasteiger charge is -2.34. The number of nitrogens with one attached hydrogen (secondary N) is 2. The Hall–Kier alpha value is -3.10. The zero-order chi connectivity index (χ0) is 20.1. The van der Waals surface area contributed by atoms with Crippen LogP contribution in [-0.2, 0) is 20.7 Å². The van der Waals surface area contributed by atoms with Crippen molar-refractivity contribution in [3.05, 3.63) is 59.8 Å². The number of alkyl halides is 3. The largest absolute Gasteiger partial charge is 0.466 e. The van der Waals surface area contributed by atoms with Gasteiger partial charge in [0.15, 0.2) is 0 Å². The zero-order valence-corrected chi connectivity index (χ0v) is 14.6. The molecule has 1 aromatic carbocycles. The zero-order valence-electron chi connectivity index (χ0n) is 14.6. The van der Waals surface area contributed by atoms with Crippen molar-refractivity contribution in [3.63, 3.8) is 0 Å². The Labute approximate surface area is 153 Å². The number of carbonyl (C=O) groups is 2. The molecule has 1 amide bonds. The summed E-state index contributed by atoms with van der Waals surface area (Å²) in [6.45, 7) is 1.70. The van der Waals surface area contributed by atoms with Gasteiger partial charge in [0.05, 0.1) is 13.5 Å². The van der Waals surface area contributed by atoms with Gasteiger partial charge < -0.3 is 15.4 Å². The first-order valence-electron chi connectivity index (χ1n) is 7.89. The molecule has 144 valence electrons. The van der Waals surface area contributed by atoms with Gasteiger partial charge in [0.1, 0.15) is 5.82 Å². The van der Waals surface area contributed by atoms with Crippen LogP contribution in [0.3, 0.4) is 0 Å². The molecular weight excluding hydrogens is 363 g/mol. The van der Waals surface area contributed by atoms with Crippen LogP contribution in [-0.4, -0.2) is 35.8 Å². The maximum absolute atomic E-state index is 13.9. The molecule has 1 aromatic heterocycles. The average Bonchev–Trinajstić information content (AvgIpc) is 2.62. The number of anilines is 1. The number of ether oxygens (including phenoxy) is 1. The van der Waals surface area contributed by atoms with Crippen molar-refractivity contribution in [3.8, 4) is 0 Å². The summed E-state index contributed by atoms with van der Waals surface area (Å²) < 4.78 is 45.9. The second-order valence-electron chi connectivity index (χ2n) is 5.80. The second-order valence-corrected chi connectivity index (χ2v) is 5.80. The van der Waals surface area contributed by atoms with E-state index in [0.29, 0.717) is 11.1 Å². The number of esters is 1.